The summed E-state index contributed by atoms with van der Waals surface area (Å²) in [5.74, 6) is -0.265. The Kier molecular flexibility index (Phi) is 7.58. The summed E-state index contributed by atoms with van der Waals surface area (Å²) in [4.78, 5) is 24.6. The Bertz CT molecular complexity index is 1550. The van der Waals surface area contributed by atoms with Gasteiger partial charge in [0.25, 0.3) is 5.91 Å². The third-order valence-electron chi connectivity index (χ3n) is 6.65. The number of nitrogens with zero attached hydrogens (tertiary/aromatic N) is 4. The van der Waals surface area contributed by atoms with E-state index in [0.717, 1.165) is 39.7 Å². The minimum atomic E-state index is -3.71. The predicted molar refractivity (Wildman–Crippen MR) is 149 cm³/mol. The number of hydrogen-bond donors (Lipinski definition) is 0. The highest BCUT2D eigenvalue weighted by molar-refractivity contribution is 7.89. The summed E-state index contributed by atoms with van der Waals surface area (Å²) in [7, 11) is -2.15. The Hall–Kier alpha value is -3.18. The number of sulfonamides is 1. The molecule has 1 atom stereocenters. The van der Waals surface area contributed by atoms with Crippen LogP contribution in [0.4, 0.5) is 5.13 Å². The Morgan fingerprint density at radius 2 is 1.95 bits per heavy atom. The van der Waals surface area contributed by atoms with Gasteiger partial charge in [0.1, 0.15) is 0 Å². The lowest BCUT2D eigenvalue weighted by molar-refractivity contribution is 0.0978. The smallest absolute Gasteiger partial charge is 0.260 e. The first-order valence-electron chi connectivity index (χ1n) is 12.5. The molecule has 0 aliphatic carbocycles. The SMILES string of the molecule is Cc1cc(C)c2nc(N(Cc3cccnc3)C(=O)c3ccc(S(=O)(=O)N(C)CC4CCCO4)cc3)sc2c1. The third-order valence-corrected chi connectivity index (χ3v) is 9.52. The summed E-state index contributed by atoms with van der Waals surface area (Å²) < 4.78 is 34.2. The van der Waals surface area contributed by atoms with Gasteiger partial charge in [-0.2, -0.15) is 4.31 Å². The second-order valence-electron chi connectivity index (χ2n) is 9.62. The van der Waals surface area contributed by atoms with Crippen molar-refractivity contribution in [2.24, 2.45) is 0 Å². The first-order valence-corrected chi connectivity index (χ1v) is 14.7. The maximum Gasteiger partial charge on any atom is 0.260 e. The summed E-state index contributed by atoms with van der Waals surface area (Å²) >= 11 is 1.46. The predicted octanol–water partition coefficient (Wildman–Crippen LogP) is 4.95. The van der Waals surface area contributed by atoms with E-state index < -0.39 is 10.0 Å². The molecule has 0 radical (unpaired) electrons. The van der Waals surface area contributed by atoms with Gasteiger partial charge in [0, 0.05) is 38.2 Å². The minimum absolute atomic E-state index is 0.0853. The first-order chi connectivity index (χ1) is 18.2. The fourth-order valence-corrected chi connectivity index (χ4v) is 7.00. The molecule has 1 aliphatic rings. The van der Waals surface area contributed by atoms with Crippen LogP contribution in [0.1, 0.15) is 39.9 Å². The number of carbonyl (C=O) groups excluding carboxylic acids is 1. The third kappa shape index (κ3) is 5.49. The van der Waals surface area contributed by atoms with Crippen LogP contribution < -0.4 is 4.90 Å². The van der Waals surface area contributed by atoms with Crippen molar-refractivity contribution in [3.05, 3.63) is 83.2 Å². The van der Waals surface area contributed by atoms with Crippen LogP contribution in [0, 0.1) is 13.8 Å². The molecule has 2 aromatic carbocycles. The maximum absolute atomic E-state index is 13.8. The summed E-state index contributed by atoms with van der Waals surface area (Å²) in [5.41, 5.74) is 4.30. The van der Waals surface area contributed by atoms with Gasteiger partial charge in [-0.3, -0.25) is 14.7 Å². The lowest BCUT2D eigenvalue weighted by atomic mass is 10.1. The van der Waals surface area contributed by atoms with Crippen LogP contribution in [0.25, 0.3) is 10.2 Å². The molecule has 198 valence electrons. The number of rotatable bonds is 8. The quantitative estimate of drug-likeness (QED) is 0.308. The fraction of sp³-hybridized carbons (Fsp3) is 0.321. The first kappa shape index (κ1) is 26.4. The van der Waals surface area contributed by atoms with Gasteiger partial charge in [-0.1, -0.05) is 23.5 Å². The Morgan fingerprint density at radius 1 is 1.16 bits per heavy atom. The summed E-state index contributed by atoms with van der Waals surface area (Å²) in [6.45, 7) is 5.31. The fourth-order valence-electron chi connectivity index (χ4n) is 4.65. The molecule has 1 amide bonds. The highest BCUT2D eigenvalue weighted by Crippen LogP contribution is 2.33. The zero-order valence-electron chi connectivity index (χ0n) is 21.6. The number of ether oxygens (including phenoxy) is 1. The Labute approximate surface area is 227 Å². The van der Waals surface area contributed by atoms with Gasteiger partial charge < -0.3 is 4.74 Å². The summed E-state index contributed by atoms with van der Waals surface area (Å²) in [6, 6.07) is 14.0. The lowest BCUT2D eigenvalue weighted by Crippen LogP contribution is -2.34. The van der Waals surface area contributed by atoms with Crippen molar-refractivity contribution >= 4 is 42.6 Å². The highest BCUT2D eigenvalue weighted by Gasteiger charge is 2.27. The van der Waals surface area contributed by atoms with Crippen LogP contribution in [0.3, 0.4) is 0 Å². The molecule has 0 bridgehead atoms. The Balaban J connectivity index is 1.44. The Morgan fingerprint density at radius 3 is 2.63 bits per heavy atom. The average Bonchev–Trinajstić information content (AvgIpc) is 3.57. The number of likely N-dealkylation sites (N-methyl/N-ethyl adjacent to an activating group) is 1. The zero-order chi connectivity index (χ0) is 26.9. The molecule has 3 heterocycles. The standard InChI is InChI=1S/C28H30N4O4S2/c1-19-14-20(2)26-25(15-19)37-28(30-26)32(17-21-6-4-12-29-16-21)27(33)22-8-10-24(11-9-22)38(34,35)31(3)18-23-7-5-13-36-23/h4,6,8-12,14-16,23H,5,7,13,17-18H2,1-3H3. The van der Waals surface area contributed by atoms with E-state index in [1.54, 1.807) is 36.5 Å². The van der Waals surface area contributed by atoms with Crippen LogP contribution in [0.2, 0.25) is 0 Å². The van der Waals surface area contributed by atoms with Crippen molar-refractivity contribution in [3.8, 4) is 0 Å². The number of aryl methyl sites for hydroxylation is 2. The largest absolute Gasteiger partial charge is 0.377 e. The normalized spacial score (nSPS) is 15.8. The molecule has 1 unspecified atom stereocenters. The van der Waals surface area contributed by atoms with Gasteiger partial charge in [0.15, 0.2) is 5.13 Å². The summed E-state index contributed by atoms with van der Waals surface area (Å²) in [6.07, 6.45) is 5.12. The van der Waals surface area contributed by atoms with Crippen LogP contribution in [-0.4, -0.2) is 54.9 Å². The highest BCUT2D eigenvalue weighted by atomic mass is 32.2. The van der Waals surface area contributed by atoms with Crippen molar-refractivity contribution in [1.82, 2.24) is 14.3 Å². The number of carbonyl (C=O) groups is 1. The van der Waals surface area contributed by atoms with Crippen LogP contribution in [0.15, 0.2) is 65.8 Å². The number of hydrogen-bond acceptors (Lipinski definition) is 7. The molecule has 10 heteroatoms. The van der Waals surface area contributed by atoms with Crippen molar-refractivity contribution in [2.45, 2.75) is 44.2 Å². The van der Waals surface area contributed by atoms with Crippen molar-refractivity contribution in [2.75, 3.05) is 25.1 Å². The zero-order valence-corrected chi connectivity index (χ0v) is 23.3. The molecular formula is C28H30N4O4S2. The van der Waals surface area contributed by atoms with Crippen molar-refractivity contribution in [1.29, 1.82) is 0 Å². The molecule has 38 heavy (non-hydrogen) atoms. The summed E-state index contributed by atoms with van der Waals surface area (Å²) in [5, 5.41) is 0.579. The van der Waals surface area contributed by atoms with Crippen LogP contribution in [0.5, 0.6) is 0 Å². The monoisotopic (exact) mass is 550 g/mol. The van der Waals surface area contributed by atoms with Crippen molar-refractivity contribution < 1.29 is 17.9 Å². The van der Waals surface area contributed by atoms with Gasteiger partial charge >= 0.3 is 0 Å². The molecule has 1 fully saturated rings. The van der Waals surface area contributed by atoms with Gasteiger partial charge in [-0.05, 0) is 79.8 Å². The molecule has 0 N–H and O–H groups in total. The number of benzene rings is 2. The van der Waals surface area contributed by atoms with E-state index in [-0.39, 0.29) is 23.5 Å². The van der Waals surface area contributed by atoms with Crippen molar-refractivity contribution in [3.63, 3.8) is 0 Å². The number of fused-ring (bicyclic) bond motifs is 1. The van der Waals surface area contributed by atoms with Gasteiger partial charge in [0.2, 0.25) is 10.0 Å². The van der Waals surface area contributed by atoms with Gasteiger partial charge in [0.05, 0.1) is 27.8 Å². The molecule has 4 aromatic rings. The van der Waals surface area contributed by atoms with Gasteiger partial charge in [-0.25, -0.2) is 13.4 Å². The number of pyridine rings is 1. The molecule has 8 nitrogen and oxygen atoms in total. The van der Waals surface area contributed by atoms with E-state index in [1.165, 1.54) is 27.8 Å². The van der Waals surface area contributed by atoms with E-state index in [0.29, 0.717) is 23.8 Å². The number of anilines is 1. The number of thiazole rings is 1. The number of amides is 1. The lowest BCUT2D eigenvalue weighted by Gasteiger charge is -2.21. The molecule has 2 aromatic heterocycles. The van der Waals surface area contributed by atoms with Gasteiger partial charge in [-0.15, -0.1) is 0 Å². The molecular weight excluding hydrogens is 520 g/mol. The minimum Gasteiger partial charge on any atom is -0.377 e. The van der Waals surface area contributed by atoms with Crippen LogP contribution >= 0.6 is 11.3 Å². The van der Waals surface area contributed by atoms with E-state index in [1.807, 2.05) is 26.0 Å². The van der Waals surface area contributed by atoms with E-state index in [2.05, 4.69) is 17.1 Å². The molecule has 1 aliphatic heterocycles. The molecule has 0 saturated carbocycles. The maximum atomic E-state index is 13.8. The molecule has 5 rings (SSSR count). The second kappa shape index (κ2) is 10.9. The van der Waals surface area contributed by atoms with E-state index >= 15 is 0 Å². The molecule has 0 spiro atoms. The van der Waals surface area contributed by atoms with Crippen LogP contribution in [-0.2, 0) is 21.3 Å². The topological polar surface area (TPSA) is 92.7 Å². The van der Waals surface area contributed by atoms with E-state index in [4.69, 9.17) is 9.72 Å². The second-order valence-corrected chi connectivity index (χ2v) is 12.7. The average molecular weight is 551 g/mol. The number of aromatic nitrogens is 2. The molecule has 1 saturated heterocycles. The van der Waals surface area contributed by atoms with E-state index in [9.17, 15) is 13.2 Å².